The molecule has 0 spiro atoms. The van der Waals surface area contributed by atoms with E-state index < -0.39 is 0 Å². The monoisotopic (exact) mass is 432 g/mol. The number of nitrogens with zero attached hydrogens (tertiary/aromatic N) is 5. The Morgan fingerprint density at radius 1 is 1.16 bits per heavy atom. The summed E-state index contributed by atoms with van der Waals surface area (Å²) in [6, 6.07) is 8.63. The lowest BCUT2D eigenvalue weighted by atomic mass is 10.1. The molecule has 1 aliphatic rings. The summed E-state index contributed by atoms with van der Waals surface area (Å²) >= 11 is 0. The smallest absolute Gasteiger partial charge is 0.229 e. The molecule has 3 aromatic heterocycles. The van der Waals surface area contributed by atoms with Crippen molar-refractivity contribution < 1.29 is 4.74 Å². The molecule has 9 nitrogen and oxygen atoms in total. The molecular formula is C23H28N8O. The van der Waals surface area contributed by atoms with Crippen LogP contribution in [0.2, 0.25) is 0 Å². The van der Waals surface area contributed by atoms with Crippen LogP contribution in [0.5, 0.6) is 0 Å². The Hall–Kier alpha value is -3.46. The number of fused-ring (bicyclic) bond motifs is 1. The van der Waals surface area contributed by atoms with Crippen LogP contribution < -0.4 is 10.6 Å². The Labute approximate surface area is 186 Å². The molecule has 0 radical (unpaired) electrons. The summed E-state index contributed by atoms with van der Waals surface area (Å²) in [5, 5.41) is 11.5. The number of aromatic nitrogens is 6. The molecule has 1 saturated heterocycles. The van der Waals surface area contributed by atoms with Crippen molar-refractivity contribution in [3.63, 3.8) is 0 Å². The van der Waals surface area contributed by atoms with Crippen LogP contribution in [0.3, 0.4) is 0 Å². The summed E-state index contributed by atoms with van der Waals surface area (Å²) in [5.41, 5.74) is 4.13. The molecule has 4 heterocycles. The minimum Gasteiger partial charge on any atom is -0.381 e. The molecule has 4 aromatic rings. The van der Waals surface area contributed by atoms with E-state index in [1.807, 2.05) is 12.4 Å². The fourth-order valence-electron chi connectivity index (χ4n) is 3.89. The third-order valence-electron chi connectivity index (χ3n) is 5.75. The highest BCUT2D eigenvalue weighted by molar-refractivity contribution is 5.57. The number of rotatable bonds is 7. The van der Waals surface area contributed by atoms with E-state index in [2.05, 4.69) is 63.8 Å². The van der Waals surface area contributed by atoms with Gasteiger partial charge in [0.05, 0.1) is 6.20 Å². The van der Waals surface area contributed by atoms with Crippen LogP contribution in [0.15, 0.2) is 42.9 Å². The van der Waals surface area contributed by atoms with Crippen molar-refractivity contribution in [1.29, 1.82) is 0 Å². The molecule has 166 valence electrons. The Morgan fingerprint density at radius 2 is 1.97 bits per heavy atom. The van der Waals surface area contributed by atoms with Crippen LogP contribution in [0, 0.1) is 0 Å². The molecule has 0 bridgehead atoms. The minimum absolute atomic E-state index is 0.318. The Kier molecular flexibility index (Phi) is 5.72. The van der Waals surface area contributed by atoms with Crippen molar-refractivity contribution in [3.05, 3.63) is 54.0 Å². The molecule has 0 aliphatic carbocycles. The van der Waals surface area contributed by atoms with E-state index >= 15 is 0 Å². The molecule has 1 fully saturated rings. The lowest BCUT2D eigenvalue weighted by Crippen LogP contribution is -2.29. The number of H-pyrrole nitrogens is 1. The van der Waals surface area contributed by atoms with Gasteiger partial charge in [0.15, 0.2) is 5.65 Å². The maximum Gasteiger partial charge on any atom is 0.229 e. The lowest BCUT2D eigenvalue weighted by molar-refractivity contribution is 0.0903. The van der Waals surface area contributed by atoms with Crippen molar-refractivity contribution in [1.82, 2.24) is 29.5 Å². The molecule has 0 unspecified atom stereocenters. The third kappa shape index (κ3) is 4.29. The van der Waals surface area contributed by atoms with Crippen molar-refractivity contribution in [3.8, 4) is 11.4 Å². The van der Waals surface area contributed by atoms with Crippen molar-refractivity contribution in [2.75, 3.05) is 23.8 Å². The van der Waals surface area contributed by atoms with Gasteiger partial charge in [0.1, 0.15) is 5.82 Å². The number of hydrogen-bond acceptors (Lipinski definition) is 7. The topological polar surface area (TPSA) is 105 Å². The van der Waals surface area contributed by atoms with Gasteiger partial charge in [0, 0.05) is 49.3 Å². The zero-order chi connectivity index (χ0) is 21.9. The molecule has 0 atom stereocenters. The van der Waals surface area contributed by atoms with Gasteiger partial charge in [-0.3, -0.25) is 0 Å². The van der Waals surface area contributed by atoms with E-state index in [4.69, 9.17) is 14.7 Å². The van der Waals surface area contributed by atoms with Gasteiger partial charge in [0.2, 0.25) is 11.9 Å². The van der Waals surface area contributed by atoms with E-state index in [1.165, 1.54) is 0 Å². The van der Waals surface area contributed by atoms with Gasteiger partial charge in [-0.2, -0.15) is 19.6 Å². The number of aromatic amines is 1. The Balaban J connectivity index is 1.39. The lowest BCUT2D eigenvalue weighted by Gasteiger charge is -2.23. The molecule has 1 aliphatic heterocycles. The third-order valence-corrected chi connectivity index (χ3v) is 5.75. The van der Waals surface area contributed by atoms with E-state index in [-0.39, 0.29) is 0 Å². The molecule has 5 rings (SSSR count). The predicted molar refractivity (Wildman–Crippen MR) is 124 cm³/mol. The fourth-order valence-corrected chi connectivity index (χ4v) is 3.89. The van der Waals surface area contributed by atoms with Gasteiger partial charge >= 0.3 is 0 Å². The van der Waals surface area contributed by atoms with E-state index in [1.54, 1.807) is 10.7 Å². The molecule has 1 aromatic carbocycles. The van der Waals surface area contributed by atoms with Gasteiger partial charge in [-0.05, 0) is 24.3 Å². The molecular weight excluding hydrogens is 404 g/mol. The second kappa shape index (κ2) is 8.96. The zero-order valence-corrected chi connectivity index (χ0v) is 18.4. The summed E-state index contributed by atoms with van der Waals surface area (Å²) in [4.78, 5) is 17.0. The summed E-state index contributed by atoms with van der Waals surface area (Å²) in [6.07, 6.45) is 7.38. The highest BCUT2D eigenvalue weighted by Crippen LogP contribution is 2.23. The van der Waals surface area contributed by atoms with E-state index in [0.29, 0.717) is 30.4 Å². The molecule has 0 saturated carbocycles. The summed E-state index contributed by atoms with van der Waals surface area (Å²) in [5.74, 6) is 2.48. The fraction of sp³-hybridized carbons (Fsp3) is 0.391. The normalized spacial score (nSPS) is 14.8. The summed E-state index contributed by atoms with van der Waals surface area (Å²) in [6.45, 7) is 6.46. The quantitative estimate of drug-likeness (QED) is 0.407. The van der Waals surface area contributed by atoms with Gasteiger partial charge in [-0.1, -0.05) is 38.1 Å². The van der Waals surface area contributed by atoms with Gasteiger partial charge < -0.3 is 20.4 Å². The van der Waals surface area contributed by atoms with Crippen molar-refractivity contribution in [2.24, 2.45) is 0 Å². The molecule has 32 heavy (non-hydrogen) atoms. The SMILES string of the molecule is CC(C)c1cnn2c(NCc3ccc(-c4ncc[nH]4)cc3)nc(NC3CCOCC3)nc12. The molecule has 0 amide bonds. The van der Waals surface area contributed by atoms with Crippen molar-refractivity contribution >= 4 is 17.5 Å². The number of benzene rings is 1. The number of imidazole rings is 1. The van der Waals surface area contributed by atoms with Crippen LogP contribution in [0.25, 0.3) is 17.0 Å². The largest absolute Gasteiger partial charge is 0.381 e. The van der Waals surface area contributed by atoms with Crippen LogP contribution in [0.1, 0.15) is 43.7 Å². The standard InChI is InChI=1S/C23H28N8O/c1-15(2)19-14-27-31-21(19)29-22(28-18-7-11-32-12-8-18)30-23(31)26-13-16-3-5-17(6-4-16)20-24-9-10-25-20/h3-6,9-10,14-15,18H,7-8,11-13H2,1-2H3,(H,24,25)(H2,26,28,29,30). The van der Waals surface area contributed by atoms with Crippen molar-refractivity contribution in [2.45, 2.75) is 45.2 Å². The van der Waals surface area contributed by atoms with Gasteiger partial charge in [0.25, 0.3) is 0 Å². The number of anilines is 2. The molecule has 9 heteroatoms. The average molecular weight is 433 g/mol. The second-order valence-corrected chi connectivity index (χ2v) is 8.38. The van der Waals surface area contributed by atoms with Crippen LogP contribution in [0.4, 0.5) is 11.9 Å². The maximum atomic E-state index is 5.48. The van der Waals surface area contributed by atoms with Crippen LogP contribution in [-0.4, -0.2) is 48.8 Å². The second-order valence-electron chi connectivity index (χ2n) is 8.38. The Morgan fingerprint density at radius 3 is 2.69 bits per heavy atom. The van der Waals surface area contributed by atoms with Gasteiger partial charge in [-0.25, -0.2) is 4.98 Å². The number of nitrogens with one attached hydrogen (secondary N) is 3. The Bertz CT molecular complexity index is 1160. The first-order valence-electron chi connectivity index (χ1n) is 11.1. The van der Waals surface area contributed by atoms with Gasteiger partial charge in [-0.15, -0.1) is 0 Å². The van der Waals surface area contributed by atoms with Crippen LogP contribution in [-0.2, 0) is 11.3 Å². The summed E-state index contributed by atoms with van der Waals surface area (Å²) in [7, 11) is 0. The number of ether oxygens (including phenoxy) is 1. The molecule has 3 N–H and O–H groups in total. The predicted octanol–water partition coefficient (Wildman–Crippen LogP) is 3.84. The highest BCUT2D eigenvalue weighted by atomic mass is 16.5. The zero-order valence-electron chi connectivity index (χ0n) is 18.4. The first-order valence-corrected chi connectivity index (χ1v) is 11.1. The first kappa shape index (κ1) is 20.4. The average Bonchev–Trinajstić information content (AvgIpc) is 3.49. The van der Waals surface area contributed by atoms with E-state index in [0.717, 1.165) is 54.2 Å². The van der Waals surface area contributed by atoms with E-state index in [9.17, 15) is 0 Å². The minimum atomic E-state index is 0.318. The first-order chi connectivity index (χ1) is 15.7. The maximum absolute atomic E-state index is 5.48. The summed E-state index contributed by atoms with van der Waals surface area (Å²) < 4.78 is 7.27. The highest BCUT2D eigenvalue weighted by Gasteiger charge is 2.19. The number of hydrogen-bond donors (Lipinski definition) is 3. The van der Waals surface area contributed by atoms with Crippen LogP contribution >= 0.6 is 0 Å².